The Labute approximate surface area is 172 Å². The molecule has 1 N–H and O–H groups in total. The van der Waals surface area contributed by atoms with E-state index in [1.807, 2.05) is 0 Å². The quantitative estimate of drug-likeness (QED) is 0.496. The highest BCUT2D eigenvalue weighted by Gasteiger charge is 2.19. The highest BCUT2D eigenvalue weighted by molar-refractivity contribution is 7.98. The van der Waals surface area contributed by atoms with Gasteiger partial charge in [-0.2, -0.15) is 0 Å². The maximum Gasteiger partial charge on any atom is 0.341 e. The first-order valence-electron chi connectivity index (χ1n) is 8.89. The summed E-state index contributed by atoms with van der Waals surface area (Å²) in [6.45, 7) is 1.58. The molecular weight excluding hydrogens is 397 g/mol. The number of carbonyl (C=O) groups is 3. The second kappa shape index (κ2) is 11.2. The van der Waals surface area contributed by atoms with Gasteiger partial charge in [-0.05, 0) is 43.0 Å². The number of benzene rings is 1. The van der Waals surface area contributed by atoms with E-state index in [0.29, 0.717) is 5.03 Å². The van der Waals surface area contributed by atoms with Crippen molar-refractivity contribution in [1.29, 1.82) is 0 Å². The zero-order valence-electron chi connectivity index (χ0n) is 16.2. The number of nitrogens with zero attached hydrogens (tertiary/aromatic N) is 2. The number of hydrogen-bond acceptors (Lipinski definition) is 6. The van der Waals surface area contributed by atoms with E-state index in [-0.39, 0.29) is 36.9 Å². The molecule has 0 atom stereocenters. The van der Waals surface area contributed by atoms with Crippen molar-refractivity contribution in [3.8, 4) is 0 Å². The van der Waals surface area contributed by atoms with E-state index >= 15 is 0 Å². The first kappa shape index (κ1) is 22.4. The summed E-state index contributed by atoms with van der Waals surface area (Å²) in [7, 11) is 0. The van der Waals surface area contributed by atoms with Crippen LogP contribution in [-0.2, 0) is 20.9 Å². The summed E-state index contributed by atoms with van der Waals surface area (Å²) in [4.78, 5) is 42.0. The van der Waals surface area contributed by atoms with Crippen LogP contribution >= 0.6 is 11.8 Å². The average molecular weight is 419 g/mol. The molecule has 0 aliphatic heterocycles. The predicted molar refractivity (Wildman–Crippen MR) is 107 cm³/mol. The Kier molecular flexibility index (Phi) is 8.60. The fourth-order valence-corrected chi connectivity index (χ4v) is 2.95. The molecule has 0 fully saturated rings. The number of nitrogens with one attached hydrogen (secondary N) is 1. The maximum absolute atomic E-state index is 12.9. The molecule has 0 saturated heterocycles. The standard InChI is InChI=1S/C20H22FN3O4S/c1-3-24(12-17(25)23-11-14-6-8-15(21)9-7-14)18(26)13-28-20(27)16-5-4-10-22-19(16)29-2/h4-10H,3,11-13H2,1-2H3,(H,23,25). The van der Waals surface area contributed by atoms with Gasteiger partial charge in [-0.3, -0.25) is 9.59 Å². The fourth-order valence-electron chi connectivity index (χ4n) is 2.41. The molecule has 1 heterocycles. The van der Waals surface area contributed by atoms with Crippen LogP contribution < -0.4 is 5.32 Å². The number of pyridine rings is 1. The number of amides is 2. The van der Waals surface area contributed by atoms with Crippen molar-refractivity contribution in [2.24, 2.45) is 0 Å². The first-order chi connectivity index (χ1) is 13.9. The molecular formula is C20H22FN3O4S. The summed E-state index contributed by atoms with van der Waals surface area (Å²) in [6, 6.07) is 8.94. The van der Waals surface area contributed by atoms with Crippen LogP contribution in [0.4, 0.5) is 4.39 Å². The Balaban J connectivity index is 1.83. The molecule has 154 valence electrons. The van der Waals surface area contributed by atoms with Gasteiger partial charge < -0.3 is 15.0 Å². The van der Waals surface area contributed by atoms with E-state index in [1.165, 1.54) is 28.8 Å². The minimum absolute atomic E-state index is 0.170. The van der Waals surface area contributed by atoms with E-state index in [4.69, 9.17) is 4.74 Å². The lowest BCUT2D eigenvalue weighted by atomic mass is 10.2. The van der Waals surface area contributed by atoms with Crippen molar-refractivity contribution in [1.82, 2.24) is 15.2 Å². The molecule has 1 aromatic heterocycles. The molecule has 0 saturated carbocycles. The molecule has 9 heteroatoms. The molecule has 0 radical (unpaired) electrons. The average Bonchev–Trinajstić information content (AvgIpc) is 2.75. The van der Waals surface area contributed by atoms with Crippen LogP contribution in [0.25, 0.3) is 0 Å². The number of hydrogen-bond donors (Lipinski definition) is 1. The van der Waals surface area contributed by atoms with E-state index in [0.717, 1.165) is 5.56 Å². The largest absolute Gasteiger partial charge is 0.452 e. The van der Waals surface area contributed by atoms with Crippen molar-refractivity contribution in [2.75, 3.05) is 26.0 Å². The number of halogens is 1. The van der Waals surface area contributed by atoms with Crippen molar-refractivity contribution in [2.45, 2.75) is 18.5 Å². The molecule has 1 aromatic carbocycles. The topological polar surface area (TPSA) is 88.6 Å². The number of ether oxygens (including phenoxy) is 1. The molecule has 0 spiro atoms. The minimum atomic E-state index is -0.646. The van der Waals surface area contributed by atoms with E-state index in [2.05, 4.69) is 10.3 Å². The SMILES string of the molecule is CCN(CC(=O)NCc1ccc(F)cc1)C(=O)COC(=O)c1cccnc1SC. The van der Waals surface area contributed by atoms with Crippen LogP contribution in [0.1, 0.15) is 22.8 Å². The second-order valence-electron chi connectivity index (χ2n) is 5.95. The van der Waals surface area contributed by atoms with E-state index in [9.17, 15) is 18.8 Å². The van der Waals surface area contributed by atoms with Gasteiger partial charge in [-0.25, -0.2) is 14.2 Å². The number of rotatable bonds is 9. The van der Waals surface area contributed by atoms with Crippen LogP contribution in [0.15, 0.2) is 47.6 Å². The van der Waals surface area contributed by atoms with Gasteiger partial charge in [0.1, 0.15) is 10.8 Å². The third-order valence-electron chi connectivity index (χ3n) is 3.98. The summed E-state index contributed by atoms with van der Waals surface area (Å²) in [5, 5.41) is 3.18. The molecule has 2 aromatic rings. The normalized spacial score (nSPS) is 10.3. The van der Waals surface area contributed by atoms with Crippen LogP contribution in [0.5, 0.6) is 0 Å². The van der Waals surface area contributed by atoms with Gasteiger partial charge >= 0.3 is 5.97 Å². The zero-order valence-corrected chi connectivity index (χ0v) is 17.0. The summed E-state index contributed by atoms with van der Waals surface area (Å²) in [6.07, 6.45) is 3.35. The van der Waals surface area contributed by atoms with Crippen LogP contribution in [0.3, 0.4) is 0 Å². The molecule has 0 bridgehead atoms. The molecule has 7 nitrogen and oxygen atoms in total. The van der Waals surface area contributed by atoms with Gasteiger partial charge in [0.25, 0.3) is 5.91 Å². The highest BCUT2D eigenvalue weighted by Crippen LogP contribution is 2.17. The van der Waals surface area contributed by atoms with E-state index < -0.39 is 18.5 Å². The molecule has 0 unspecified atom stereocenters. The Hall–Kier alpha value is -2.94. The summed E-state index contributed by atoms with van der Waals surface area (Å²) in [5.74, 6) is -1.85. The van der Waals surface area contributed by atoms with Crippen molar-refractivity contribution < 1.29 is 23.5 Å². The molecule has 2 rings (SSSR count). The predicted octanol–water partition coefficient (Wildman–Crippen LogP) is 2.26. The minimum Gasteiger partial charge on any atom is -0.452 e. The van der Waals surface area contributed by atoms with Crippen LogP contribution in [-0.4, -0.2) is 53.6 Å². The smallest absolute Gasteiger partial charge is 0.341 e. The Morgan fingerprint density at radius 2 is 1.93 bits per heavy atom. The summed E-state index contributed by atoms with van der Waals surface area (Å²) in [5.41, 5.74) is 1.03. The van der Waals surface area contributed by atoms with Crippen LogP contribution in [0, 0.1) is 5.82 Å². The van der Waals surface area contributed by atoms with Crippen molar-refractivity contribution in [3.63, 3.8) is 0 Å². The lowest BCUT2D eigenvalue weighted by Gasteiger charge is -2.20. The van der Waals surface area contributed by atoms with Crippen molar-refractivity contribution in [3.05, 3.63) is 59.5 Å². The lowest BCUT2D eigenvalue weighted by molar-refractivity contribution is -0.138. The summed E-state index contributed by atoms with van der Waals surface area (Å²) < 4.78 is 18.0. The third-order valence-corrected chi connectivity index (χ3v) is 4.70. The Morgan fingerprint density at radius 1 is 1.21 bits per heavy atom. The van der Waals surface area contributed by atoms with Gasteiger partial charge in [0, 0.05) is 19.3 Å². The third kappa shape index (κ3) is 6.86. The fraction of sp³-hybridized carbons (Fsp3) is 0.300. The van der Waals surface area contributed by atoms with Crippen LogP contribution in [0.2, 0.25) is 0 Å². The Morgan fingerprint density at radius 3 is 2.59 bits per heavy atom. The number of carbonyl (C=O) groups excluding carboxylic acids is 3. The Bertz CT molecular complexity index is 861. The van der Waals surface area contributed by atoms with Gasteiger partial charge in [-0.1, -0.05) is 12.1 Å². The zero-order chi connectivity index (χ0) is 21.2. The van der Waals surface area contributed by atoms with Crippen molar-refractivity contribution >= 4 is 29.5 Å². The second-order valence-corrected chi connectivity index (χ2v) is 6.74. The van der Waals surface area contributed by atoms with Gasteiger partial charge in [0.05, 0.1) is 12.1 Å². The maximum atomic E-state index is 12.9. The molecule has 2 amide bonds. The number of likely N-dealkylation sites (N-methyl/N-ethyl adjacent to an activating group) is 1. The first-order valence-corrected chi connectivity index (χ1v) is 10.1. The monoisotopic (exact) mass is 419 g/mol. The van der Waals surface area contributed by atoms with Gasteiger partial charge in [0.2, 0.25) is 5.91 Å². The lowest BCUT2D eigenvalue weighted by Crippen LogP contribution is -2.42. The number of thioether (sulfide) groups is 1. The summed E-state index contributed by atoms with van der Waals surface area (Å²) >= 11 is 1.30. The number of esters is 1. The molecule has 29 heavy (non-hydrogen) atoms. The molecule has 0 aliphatic carbocycles. The van der Waals surface area contributed by atoms with Gasteiger partial charge in [0.15, 0.2) is 6.61 Å². The van der Waals surface area contributed by atoms with Gasteiger partial charge in [-0.15, -0.1) is 11.8 Å². The molecule has 0 aliphatic rings. The number of aromatic nitrogens is 1. The highest BCUT2D eigenvalue weighted by atomic mass is 32.2. The van der Waals surface area contributed by atoms with E-state index in [1.54, 1.807) is 43.6 Å².